The number of amides is 1. The third-order valence-corrected chi connectivity index (χ3v) is 4.62. The second-order valence-corrected chi connectivity index (χ2v) is 6.21. The molecule has 0 saturated carbocycles. The fraction of sp³-hybridized carbons (Fsp3) is 0.588. The van der Waals surface area contributed by atoms with Crippen LogP contribution in [0.15, 0.2) is 30.3 Å². The molecule has 4 nitrogen and oxygen atoms in total. The van der Waals surface area contributed by atoms with Crippen molar-refractivity contribution >= 4 is 5.91 Å². The average molecular weight is 288 g/mol. The Labute approximate surface area is 126 Å². The van der Waals surface area contributed by atoms with Crippen LogP contribution in [0, 0.1) is 5.92 Å². The summed E-state index contributed by atoms with van der Waals surface area (Å²) in [7, 11) is 1.90. The molecule has 0 aliphatic carbocycles. The zero-order valence-corrected chi connectivity index (χ0v) is 12.7. The van der Waals surface area contributed by atoms with Crippen molar-refractivity contribution in [3.05, 3.63) is 35.9 Å². The molecule has 2 heterocycles. The molecule has 0 aromatic heterocycles. The molecule has 1 aromatic rings. The molecule has 0 radical (unpaired) electrons. The highest BCUT2D eigenvalue weighted by atomic mass is 16.5. The largest absolute Gasteiger partial charge is 0.376 e. The van der Waals surface area contributed by atoms with Crippen LogP contribution in [-0.4, -0.2) is 55.0 Å². The topological polar surface area (TPSA) is 32.8 Å². The lowest BCUT2D eigenvalue weighted by atomic mass is 10.1. The average Bonchev–Trinajstić information content (AvgIpc) is 3.08. The highest BCUT2D eigenvalue weighted by Gasteiger charge is 2.37. The number of rotatable bonds is 5. The number of hydrogen-bond donors (Lipinski definition) is 0. The van der Waals surface area contributed by atoms with Crippen molar-refractivity contribution in [1.82, 2.24) is 9.80 Å². The van der Waals surface area contributed by atoms with Gasteiger partial charge in [0.25, 0.3) is 0 Å². The molecular weight excluding hydrogens is 264 g/mol. The van der Waals surface area contributed by atoms with E-state index >= 15 is 0 Å². The molecule has 4 heteroatoms. The Morgan fingerprint density at radius 1 is 1.19 bits per heavy atom. The molecule has 2 atom stereocenters. The number of likely N-dealkylation sites (tertiary alicyclic amines) is 2. The molecule has 1 aromatic carbocycles. The normalized spacial score (nSPS) is 26.7. The Morgan fingerprint density at radius 3 is 2.71 bits per heavy atom. The fourth-order valence-electron chi connectivity index (χ4n) is 3.34. The second-order valence-electron chi connectivity index (χ2n) is 6.21. The first kappa shape index (κ1) is 14.5. The van der Waals surface area contributed by atoms with Crippen molar-refractivity contribution < 1.29 is 9.53 Å². The summed E-state index contributed by atoms with van der Waals surface area (Å²) in [4.78, 5) is 16.3. The van der Waals surface area contributed by atoms with Gasteiger partial charge >= 0.3 is 0 Å². The molecule has 2 saturated heterocycles. The molecule has 3 rings (SSSR count). The Morgan fingerprint density at radius 2 is 2.00 bits per heavy atom. The SMILES string of the molecule is CN1CC[C@@H](N2CC[C@H](COCc3ccccc3)C2)C1=O. The third-order valence-electron chi connectivity index (χ3n) is 4.62. The first-order valence-electron chi connectivity index (χ1n) is 7.85. The molecule has 2 fully saturated rings. The summed E-state index contributed by atoms with van der Waals surface area (Å²) in [5.41, 5.74) is 1.22. The van der Waals surface area contributed by atoms with Gasteiger partial charge in [-0.15, -0.1) is 0 Å². The predicted octanol–water partition coefficient (Wildman–Crippen LogP) is 1.76. The van der Waals surface area contributed by atoms with Gasteiger partial charge in [0, 0.05) is 20.1 Å². The molecule has 0 unspecified atom stereocenters. The summed E-state index contributed by atoms with van der Waals surface area (Å²) in [6, 6.07) is 10.4. The summed E-state index contributed by atoms with van der Waals surface area (Å²) in [5.74, 6) is 0.855. The molecule has 1 amide bonds. The second kappa shape index (κ2) is 6.58. The third kappa shape index (κ3) is 3.44. The summed E-state index contributed by atoms with van der Waals surface area (Å²) >= 11 is 0. The first-order valence-corrected chi connectivity index (χ1v) is 7.85. The van der Waals surface area contributed by atoms with Crippen LogP contribution >= 0.6 is 0 Å². The predicted molar refractivity (Wildman–Crippen MR) is 81.8 cm³/mol. The van der Waals surface area contributed by atoms with Crippen molar-refractivity contribution in [1.29, 1.82) is 0 Å². The maximum absolute atomic E-state index is 12.1. The van der Waals surface area contributed by atoms with E-state index in [2.05, 4.69) is 17.0 Å². The minimum Gasteiger partial charge on any atom is -0.376 e. The first-order chi connectivity index (χ1) is 10.2. The van der Waals surface area contributed by atoms with Gasteiger partial charge < -0.3 is 9.64 Å². The van der Waals surface area contributed by atoms with Gasteiger partial charge in [0.15, 0.2) is 0 Å². The molecule has 0 N–H and O–H groups in total. The molecule has 2 aliphatic rings. The number of carbonyl (C=O) groups excluding carboxylic acids is 1. The number of hydrogen-bond acceptors (Lipinski definition) is 3. The van der Waals surface area contributed by atoms with Crippen LogP contribution in [0.5, 0.6) is 0 Å². The molecule has 0 bridgehead atoms. The van der Waals surface area contributed by atoms with Crippen LogP contribution in [-0.2, 0) is 16.1 Å². The minimum absolute atomic E-state index is 0.120. The number of nitrogens with zero attached hydrogens (tertiary/aromatic N) is 2. The van der Waals surface area contributed by atoms with E-state index in [4.69, 9.17) is 4.74 Å². The van der Waals surface area contributed by atoms with E-state index in [-0.39, 0.29) is 6.04 Å². The number of carbonyl (C=O) groups is 1. The standard InChI is InChI=1S/C17H24N2O2/c1-18-9-8-16(17(18)20)19-10-7-15(11-19)13-21-12-14-5-3-2-4-6-14/h2-6,15-16H,7-13H2,1H3/t15-,16+/m0/s1. The lowest BCUT2D eigenvalue weighted by Gasteiger charge is -2.22. The maximum Gasteiger partial charge on any atom is 0.239 e. The Bertz CT molecular complexity index is 477. The van der Waals surface area contributed by atoms with Gasteiger partial charge in [0.05, 0.1) is 19.3 Å². The van der Waals surface area contributed by atoms with Crippen molar-refractivity contribution in [2.45, 2.75) is 25.5 Å². The van der Waals surface area contributed by atoms with Crippen molar-refractivity contribution in [2.24, 2.45) is 5.92 Å². The van der Waals surface area contributed by atoms with Crippen LogP contribution in [0.4, 0.5) is 0 Å². The Kier molecular flexibility index (Phi) is 4.56. The van der Waals surface area contributed by atoms with Gasteiger partial charge in [0.2, 0.25) is 5.91 Å². The quantitative estimate of drug-likeness (QED) is 0.827. The molecule has 114 valence electrons. The summed E-state index contributed by atoms with van der Waals surface area (Å²) < 4.78 is 5.84. The monoisotopic (exact) mass is 288 g/mol. The zero-order valence-electron chi connectivity index (χ0n) is 12.7. The van der Waals surface area contributed by atoms with E-state index in [1.54, 1.807) is 0 Å². The minimum atomic E-state index is 0.120. The zero-order chi connectivity index (χ0) is 14.7. The van der Waals surface area contributed by atoms with Crippen LogP contribution in [0.3, 0.4) is 0 Å². The van der Waals surface area contributed by atoms with E-state index in [1.807, 2.05) is 30.1 Å². The molecule has 2 aliphatic heterocycles. The Balaban J connectivity index is 1.42. The number of benzene rings is 1. The van der Waals surface area contributed by atoms with Gasteiger partial charge in [-0.25, -0.2) is 0 Å². The summed E-state index contributed by atoms with van der Waals surface area (Å²) in [6.07, 6.45) is 2.12. The van der Waals surface area contributed by atoms with E-state index in [1.165, 1.54) is 5.56 Å². The van der Waals surface area contributed by atoms with Crippen LogP contribution in [0.2, 0.25) is 0 Å². The van der Waals surface area contributed by atoms with Crippen molar-refractivity contribution in [3.63, 3.8) is 0 Å². The maximum atomic E-state index is 12.1. The van der Waals surface area contributed by atoms with E-state index in [0.29, 0.717) is 18.4 Å². The number of likely N-dealkylation sites (N-methyl/N-ethyl adjacent to an activating group) is 1. The molecule has 0 spiro atoms. The van der Waals surface area contributed by atoms with Crippen LogP contribution < -0.4 is 0 Å². The van der Waals surface area contributed by atoms with E-state index in [0.717, 1.165) is 39.1 Å². The van der Waals surface area contributed by atoms with Crippen LogP contribution in [0.1, 0.15) is 18.4 Å². The lowest BCUT2D eigenvalue weighted by Crippen LogP contribution is -2.39. The van der Waals surface area contributed by atoms with Crippen LogP contribution in [0.25, 0.3) is 0 Å². The lowest BCUT2D eigenvalue weighted by molar-refractivity contribution is -0.130. The van der Waals surface area contributed by atoms with E-state index in [9.17, 15) is 4.79 Å². The van der Waals surface area contributed by atoms with Crippen molar-refractivity contribution in [3.8, 4) is 0 Å². The smallest absolute Gasteiger partial charge is 0.239 e. The summed E-state index contributed by atoms with van der Waals surface area (Å²) in [5, 5.41) is 0. The van der Waals surface area contributed by atoms with Crippen molar-refractivity contribution in [2.75, 3.05) is 33.3 Å². The Hall–Kier alpha value is -1.39. The number of ether oxygens (including phenoxy) is 1. The van der Waals surface area contributed by atoms with Gasteiger partial charge in [-0.1, -0.05) is 30.3 Å². The molecular formula is C17H24N2O2. The molecule has 21 heavy (non-hydrogen) atoms. The highest BCUT2D eigenvalue weighted by Crippen LogP contribution is 2.24. The van der Waals surface area contributed by atoms with Gasteiger partial charge in [0.1, 0.15) is 0 Å². The van der Waals surface area contributed by atoms with Gasteiger partial charge in [-0.3, -0.25) is 9.69 Å². The van der Waals surface area contributed by atoms with E-state index < -0.39 is 0 Å². The summed E-state index contributed by atoms with van der Waals surface area (Å²) in [6.45, 7) is 4.41. The van der Waals surface area contributed by atoms with Gasteiger partial charge in [-0.2, -0.15) is 0 Å². The fourth-order valence-corrected chi connectivity index (χ4v) is 3.34. The van der Waals surface area contributed by atoms with Gasteiger partial charge in [-0.05, 0) is 30.9 Å². The highest BCUT2D eigenvalue weighted by molar-refractivity contribution is 5.83.